The lowest BCUT2D eigenvalue weighted by Crippen LogP contribution is -2.51. The van der Waals surface area contributed by atoms with Crippen molar-refractivity contribution in [2.24, 2.45) is 0 Å². The second-order valence-electron chi connectivity index (χ2n) is 9.03. The molecule has 184 valence electrons. The molecule has 2 heterocycles. The molecule has 0 spiro atoms. The Morgan fingerprint density at radius 1 is 1.00 bits per heavy atom. The predicted molar refractivity (Wildman–Crippen MR) is 129 cm³/mol. The molecule has 7 heteroatoms. The Morgan fingerprint density at radius 3 is 2.68 bits per heavy atom. The highest BCUT2D eigenvalue weighted by Crippen LogP contribution is 2.29. The number of carbonyl (C=O) groups excluding carboxylic acids is 1. The van der Waals surface area contributed by atoms with E-state index in [0.29, 0.717) is 36.6 Å². The molecule has 0 aromatic heterocycles. The predicted octanol–water partition coefficient (Wildman–Crippen LogP) is 4.52. The Kier molecular flexibility index (Phi) is 8.40. The van der Waals surface area contributed by atoms with Gasteiger partial charge in [0.2, 0.25) is 0 Å². The Balaban J connectivity index is 1.56. The summed E-state index contributed by atoms with van der Waals surface area (Å²) in [7, 11) is 3.22. The topological polar surface area (TPSA) is 51.2 Å². The number of fused-ring (bicyclic) bond motifs is 2. The van der Waals surface area contributed by atoms with E-state index in [0.717, 1.165) is 45.2 Å². The molecule has 0 bridgehead atoms. The molecule has 1 saturated heterocycles. The van der Waals surface area contributed by atoms with Crippen molar-refractivity contribution in [1.29, 1.82) is 0 Å². The van der Waals surface area contributed by atoms with Gasteiger partial charge in [-0.2, -0.15) is 0 Å². The molecule has 2 aliphatic rings. The number of halogens is 1. The number of para-hydroxylation sites is 1. The molecule has 2 aromatic rings. The van der Waals surface area contributed by atoms with Crippen molar-refractivity contribution >= 4 is 5.91 Å². The first-order valence-electron chi connectivity index (χ1n) is 12.2. The van der Waals surface area contributed by atoms with Gasteiger partial charge in [-0.15, -0.1) is 0 Å². The van der Waals surface area contributed by atoms with Crippen LogP contribution in [0.1, 0.15) is 48.0 Å². The fourth-order valence-electron chi connectivity index (χ4n) is 5.13. The molecule has 6 nitrogen and oxygen atoms in total. The van der Waals surface area contributed by atoms with Crippen LogP contribution in [-0.4, -0.2) is 68.3 Å². The summed E-state index contributed by atoms with van der Waals surface area (Å²) in [6, 6.07) is 12.8. The standard InChI is InChI=1S/C27H35FN2O4/c1-32-24-14-8-16-30-22(24)11-5-6-15-29(19-20-9-7-13-25(33-2)26(20)28)17-18-34-23-12-4-3-10-21(23)27(30)31/h3-4,7,9-10,12-13,22,24H,5-6,8,11,14-19H2,1-2H3/t22-,24-/m0/s1. The van der Waals surface area contributed by atoms with Crippen molar-refractivity contribution in [3.8, 4) is 11.5 Å². The molecule has 0 radical (unpaired) electrons. The van der Waals surface area contributed by atoms with E-state index in [2.05, 4.69) is 4.90 Å². The highest BCUT2D eigenvalue weighted by Gasteiger charge is 2.35. The number of carbonyl (C=O) groups is 1. The first kappa shape index (κ1) is 24.5. The molecule has 0 unspecified atom stereocenters. The zero-order chi connectivity index (χ0) is 23.9. The number of methoxy groups -OCH3 is 2. The van der Waals surface area contributed by atoms with Crippen molar-refractivity contribution in [1.82, 2.24) is 9.80 Å². The van der Waals surface area contributed by atoms with Crippen LogP contribution in [0.4, 0.5) is 4.39 Å². The van der Waals surface area contributed by atoms with Crippen molar-refractivity contribution in [2.45, 2.75) is 50.8 Å². The number of benzene rings is 2. The summed E-state index contributed by atoms with van der Waals surface area (Å²) in [4.78, 5) is 17.8. The van der Waals surface area contributed by atoms with Crippen LogP contribution in [0.3, 0.4) is 0 Å². The van der Waals surface area contributed by atoms with Gasteiger partial charge in [0.25, 0.3) is 5.91 Å². The highest BCUT2D eigenvalue weighted by atomic mass is 19.1. The van der Waals surface area contributed by atoms with Crippen LogP contribution in [0.15, 0.2) is 42.5 Å². The van der Waals surface area contributed by atoms with Gasteiger partial charge in [0.15, 0.2) is 11.6 Å². The quantitative estimate of drug-likeness (QED) is 0.658. The van der Waals surface area contributed by atoms with E-state index in [1.54, 1.807) is 19.2 Å². The maximum atomic E-state index is 14.8. The van der Waals surface area contributed by atoms with Crippen molar-refractivity contribution in [3.05, 3.63) is 59.4 Å². The third-order valence-electron chi connectivity index (χ3n) is 6.94. The summed E-state index contributed by atoms with van der Waals surface area (Å²) in [6.45, 7) is 3.08. The molecule has 34 heavy (non-hydrogen) atoms. The first-order valence-corrected chi connectivity index (χ1v) is 12.2. The van der Waals surface area contributed by atoms with Crippen LogP contribution < -0.4 is 9.47 Å². The molecule has 2 atom stereocenters. The van der Waals surface area contributed by atoms with Crippen LogP contribution in [0, 0.1) is 5.82 Å². The molecule has 2 aliphatic heterocycles. The zero-order valence-corrected chi connectivity index (χ0v) is 20.2. The van der Waals surface area contributed by atoms with E-state index in [9.17, 15) is 9.18 Å². The van der Waals surface area contributed by atoms with Gasteiger partial charge >= 0.3 is 0 Å². The molecule has 0 N–H and O–H groups in total. The normalized spacial score (nSPS) is 22.4. The molecule has 1 amide bonds. The van der Waals surface area contributed by atoms with Crippen molar-refractivity contribution < 1.29 is 23.4 Å². The average molecular weight is 471 g/mol. The summed E-state index contributed by atoms with van der Waals surface area (Å²) in [5.41, 5.74) is 1.20. The molecular weight excluding hydrogens is 435 g/mol. The first-order chi connectivity index (χ1) is 16.6. The monoisotopic (exact) mass is 470 g/mol. The van der Waals surface area contributed by atoms with Crippen molar-refractivity contribution in [2.75, 3.05) is 40.5 Å². The summed E-state index contributed by atoms with van der Waals surface area (Å²) in [6.07, 6.45) is 4.74. The zero-order valence-electron chi connectivity index (χ0n) is 20.2. The Hall–Kier alpha value is -2.64. The maximum absolute atomic E-state index is 14.8. The lowest BCUT2D eigenvalue weighted by atomic mass is 9.93. The minimum atomic E-state index is -0.314. The third kappa shape index (κ3) is 5.53. The average Bonchev–Trinajstić information content (AvgIpc) is 2.87. The van der Waals surface area contributed by atoms with Gasteiger partial charge in [0.05, 0.1) is 24.8 Å². The minimum absolute atomic E-state index is 0.0110. The van der Waals surface area contributed by atoms with Crippen LogP contribution in [-0.2, 0) is 11.3 Å². The minimum Gasteiger partial charge on any atom is -0.494 e. The molecule has 2 aromatic carbocycles. The molecule has 1 fully saturated rings. The van der Waals surface area contributed by atoms with Crippen LogP contribution in [0.2, 0.25) is 0 Å². The third-order valence-corrected chi connectivity index (χ3v) is 6.94. The van der Waals surface area contributed by atoms with E-state index >= 15 is 0 Å². The number of ether oxygens (including phenoxy) is 3. The summed E-state index contributed by atoms with van der Waals surface area (Å²) in [5.74, 6) is 0.551. The van der Waals surface area contributed by atoms with E-state index in [1.807, 2.05) is 35.2 Å². The SMILES string of the molecule is COc1cccc(CN2CCCC[C@H]3[C@@H](OC)CCCN3C(=O)c3ccccc3OCC2)c1F. The van der Waals surface area contributed by atoms with E-state index in [-0.39, 0.29) is 29.6 Å². The lowest BCUT2D eigenvalue weighted by molar-refractivity contribution is -0.0155. The van der Waals surface area contributed by atoms with Crippen LogP contribution in [0.5, 0.6) is 11.5 Å². The van der Waals surface area contributed by atoms with Crippen LogP contribution >= 0.6 is 0 Å². The number of hydrogen-bond donors (Lipinski definition) is 0. The van der Waals surface area contributed by atoms with E-state index in [4.69, 9.17) is 14.2 Å². The van der Waals surface area contributed by atoms with Gasteiger partial charge in [-0.1, -0.05) is 30.7 Å². The maximum Gasteiger partial charge on any atom is 0.257 e. The number of amides is 1. The molecule has 0 aliphatic carbocycles. The van der Waals surface area contributed by atoms with Gasteiger partial charge in [-0.05, 0) is 50.4 Å². The smallest absolute Gasteiger partial charge is 0.257 e. The van der Waals surface area contributed by atoms with Gasteiger partial charge < -0.3 is 19.1 Å². The second kappa shape index (κ2) is 11.7. The fraction of sp³-hybridized carbons (Fsp3) is 0.519. The van der Waals surface area contributed by atoms with Gasteiger partial charge in [-0.3, -0.25) is 9.69 Å². The number of rotatable bonds is 4. The van der Waals surface area contributed by atoms with Gasteiger partial charge in [-0.25, -0.2) is 4.39 Å². The summed E-state index contributed by atoms with van der Waals surface area (Å²) < 4.78 is 31.8. The number of piperidine rings is 1. The fourth-order valence-corrected chi connectivity index (χ4v) is 5.13. The van der Waals surface area contributed by atoms with Crippen LogP contribution in [0.25, 0.3) is 0 Å². The largest absolute Gasteiger partial charge is 0.494 e. The number of nitrogens with zero attached hydrogens (tertiary/aromatic N) is 2. The molecule has 4 rings (SSSR count). The molecule has 0 saturated carbocycles. The highest BCUT2D eigenvalue weighted by molar-refractivity contribution is 5.97. The van der Waals surface area contributed by atoms with E-state index in [1.165, 1.54) is 7.11 Å². The van der Waals surface area contributed by atoms with Gasteiger partial charge in [0, 0.05) is 32.3 Å². The summed E-state index contributed by atoms with van der Waals surface area (Å²) in [5, 5.41) is 0. The lowest BCUT2D eigenvalue weighted by Gasteiger charge is -2.41. The summed E-state index contributed by atoms with van der Waals surface area (Å²) >= 11 is 0. The second-order valence-corrected chi connectivity index (χ2v) is 9.03. The van der Waals surface area contributed by atoms with Gasteiger partial charge in [0.1, 0.15) is 12.4 Å². The van der Waals surface area contributed by atoms with Crippen molar-refractivity contribution in [3.63, 3.8) is 0 Å². The number of hydrogen-bond acceptors (Lipinski definition) is 5. The Labute approximate surface area is 201 Å². The Morgan fingerprint density at radius 2 is 1.85 bits per heavy atom. The van der Waals surface area contributed by atoms with E-state index < -0.39 is 0 Å². The Bertz CT molecular complexity index is 969. The molecular formula is C27H35FN2O4.